The molecule has 0 radical (unpaired) electrons. The maximum Gasteiger partial charge on any atom is 0.265 e. The second-order valence-corrected chi connectivity index (χ2v) is 10.3. The van der Waals surface area contributed by atoms with Crippen LogP contribution in [0.3, 0.4) is 0 Å². The van der Waals surface area contributed by atoms with E-state index in [2.05, 4.69) is 20.4 Å². The first-order chi connectivity index (χ1) is 10.5. The molecule has 3 fully saturated rings. The van der Waals surface area contributed by atoms with Crippen molar-refractivity contribution in [3.8, 4) is 0 Å². The molecule has 4 atom stereocenters. The van der Waals surface area contributed by atoms with Crippen molar-refractivity contribution >= 4 is 15.9 Å². The van der Waals surface area contributed by atoms with Crippen molar-refractivity contribution < 1.29 is 18.3 Å². The molecule has 23 heavy (non-hydrogen) atoms. The third-order valence-corrected chi connectivity index (χ3v) is 8.77. The number of hydrogen-bond acceptors (Lipinski definition) is 4. The third-order valence-electron chi connectivity index (χ3n) is 6.87. The second kappa shape index (κ2) is 4.82. The second-order valence-electron chi connectivity index (χ2n) is 8.44. The Kier molecular flexibility index (Phi) is 3.55. The first-order valence-electron chi connectivity index (χ1n) is 8.39. The van der Waals surface area contributed by atoms with Crippen LogP contribution >= 0.6 is 0 Å². The lowest BCUT2D eigenvalue weighted by Crippen LogP contribution is -2.46. The van der Waals surface area contributed by atoms with Crippen LogP contribution < -0.4 is 0 Å². The number of carbonyl (C=O) groups is 1. The van der Waals surface area contributed by atoms with Gasteiger partial charge in [-0.05, 0) is 36.5 Å². The molecule has 1 saturated heterocycles. The zero-order valence-electron chi connectivity index (χ0n) is 14.4. The number of nitrogens with zero attached hydrogens (tertiary/aromatic N) is 1. The van der Waals surface area contributed by atoms with Crippen molar-refractivity contribution in [1.82, 2.24) is 4.31 Å². The summed E-state index contributed by atoms with van der Waals surface area (Å²) >= 11 is 0. The van der Waals surface area contributed by atoms with Gasteiger partial charge in [0.15, 0.2) is 0 Å². The van der Waals surface area contributed by atoms with Gasteiger partial charge in [0.2, 0.25) is 10.0 Å². The normalized spacial score (nSPS) is 37.9. The molecule has 2 saturated carbocycles. The van der Waals surface area contributed by atoms with Gasteiger partial charge >= 0.3 is 0 Å². The van der Waals surface area contributed by atoms with Gasteiger partial charge in [-0.3, -0.25) is 4.79 Å². The summed E-state index contributed by atoms with van der Waals surface area (Å²) in [5.74, 6) is -0.287. The molecule has 0 unspecified atom stereocenters. The predicted octanol–water partition coefficient (Wildman–Crippen LogP) is 1.93. The number of carbonyl (C=O) groups excluding carboxylic acids is 1. The highest BCUT2D eigenvalue weighted by molar-refractivity contribution is 7.90. The maximum absolute atomic E-state index is 12.8. The molecule has 1 aliphatic heterocycles. The Hall–Kier alpha value is -0.880. The van der Waals surface area contributed by atoms with Crippen molar-refractivity contribution in [2.24, 2.45) is 22.7 Å². The fourth-order valence-corrected chi connectivity index (χ4v) is 7.77. The van der Waals surface area contributed by atoms with Gasteiger partial charge in [0.25, 0.3) is 5.91 Å². The van der Waals surface area contributed by atoms with Gasteiger partial charge in [-0.2, -0.15) is 0 Å². The lowest BCUT2D eigenvalue weighted by molar-refractivity contribution is -0.126. The van der Waals surface area contributed by atoms with Crippen LogP contribution in [0, 0.1) is 22.7 Å². The third kappa shape index (κ3) is 2.00. The SMILES string of the molecule is C=C(C(=O)N1[C@@H]2C[C@H]3CC[C@]2(CS1(=O)=O)C3(C)C)[C@H](O)C(C)C. The Bertz CT molecular complexity index is 666. The van der Waals surface area contributed by atoms with Crippen LogP contribution in [0.4, 0.5) is 0 Å². The smallest absolute Gasteiger partial charge is 0.265 e. The number of aliphatic hydroxyl groups is 1. The number of fused-ring (bicyclic) bond motifs is 1. The summed E-state index contributed by atoms with van der Waals surface area (Å²) in [5.41, 5.74) is -0.423. The minimum atomic E-state index is -3.65. The Morgan fingerprint density at radius 2 is 1.96 bits per heavy atom. The molecule has 1 N–H and O–H groups in total. The quantitative estimate of drug-likeness (QED) is 0.796. The van der Waals surface area contributed by atoms with Crippen LogP contribution in [-0.4, -0.2) is 41.6 Å². The summed E-state index contributed by atoms with van der Waals surface area (Å²) in [4.78, 5) is 12.8. The molecule has 5 nitrogen and oxygen atoms in total. The maximum atomic E-state index is 12.8. The molecule has 130 valence electrons. The molecule has 3 rings (SSSR count). The highest BCUT2D eigenvalue weighted by Crippen LogP contribution is 2.70. The Labute approximate surface area is 138 Å². The van der Waals surface area contributed by atoms with E-state index in [0.717, 1.165) is 23.6 Å². The molecular weight excluding hydrogens is 314 g/mol. The summed E-state index contributed by atoms with van der Waals surface area (Å²) in [7, 11) is -3.65. The highest BCUT2D eigenvalue weighted by atomic mass is 32.2. The summed E-state index contributed by atoms with van der Waals surface area (Å²) in [6, 6.07) is -0.273. The van der Waals surface area contributed by atoms with E-state index >= 15 is 0 Å². The van der Waals surface area contributed by atoms with Crippen LogP contribution in [-0.2, 0) is 14.8 Å². The lowest BCUT2D eigenvalue weighted by atomic mass is 9.69. The molecule has 1 heterocycles. The van der Waals surface area contributed by atoms with E-state index < -0.39 is 22.0 Å². The Morgan fingerprint density at radius 3 is 2.48 bits per heavy atom. The number of sulfonamides is 1. The largest absolute Gasteiger partial charge is 0.388 e. The van der Waals surface area contributed by atoms with E-state index in [0.29, 0.717) is 5.92 Å². The monoisotopic (exact) mass is 341 g/mol. The molecule has 0 aromatic rings. The Morgan fingerprint density at radius 1 is 1.35 bits per heavy atom. The zero-order valence-corrected chi connectivity index (χ0v) is 15.2. The molecular formula is C17H27NO4S. The van der Waals surface area contributed by atoms with Crippen LogP contribution in [0.25, 0.3) is 0 Å². The van der Waals surface area contributed by atoms with Gasteiger partial charge in [0, 0.05) is 11.0 Å². The fraction of sp³-hybridized carbons (Fsp3) is 0.824. The minimum Gasteiger partial charge on any atom is -0.388 e. The van der Waals surface area contributed by atoms with E-state index in [1.807, 2.05) is 0 Å². The van der Waals surface area contributed by atoms with Crippen molar-refractivity contribution in [3.63, 3.8) is 0 Å². The first-order valence-corrected chi connectivity index (χ1v) is 10.00. The van der Waals surface area contributed by atoms with E-state index in [-0.39, 0.29) is 34.1 Å². The molecule has 3 aliphatic rings. The molecule has 1 spiro atoms. The van der Waals surface area contributed by atoms with Crippen molar-refractivity contribution in [2.75, 3.05) is 5.75 Å². The fourth-order valence-electron chi connectivity index (χ4n) is 5.23. The van der Waals surface area contributed by atoms with Gasteiger partial charge in [-0.15, -0.1) is 0 Å². The van der Waals surface area contributed by atoms with Crippen LogP contribution in [0.2, 0.25) is 0 Å². The van der Waals surface area contributed by atoms with Crippen LogP contribution in [0.5, 0.6) is 0 Å². The van der Waals surface area contributed by atoms with Gasteiger partial charge in [-0.25, -0.2) is 12.7 Å². The predicted molar refractivity (Wildman–Crippen MR) is 88.0 cm³/mol. The van der Waals surface area contributed by atoms with Crippen molar-refractivity contribution in [1.29, 1.82) is 0 Å². The molecule has 2 bridgehead atoms. The zero-order chi connectivity index (χ0) is 17.4. The Balaban J connectivity index is 1.98. The van der Waals surface area contributed by atoms with Gasteiger partial charge in [0.05, 0.1) is 17.9 Å². The first kappa shape index (κ1) is 17.0. The lowest BCUT2D eigenvalue weighted by Gasteiger charge is -2.37. The molecule has 0 aromatic carbocycles. The summed E-state index contributed by atoms with van der Waals surface area (Å²) < 4.78 is 26.6. The van der Waals surface area contributed by atoms with E-state index in [1.54, 1.807) is 13.8 Å². The van der Waals surface area contributed by atoms with E-state index in [9.17, 15) is 18.3 Å². The van der Waals surface area contributed by atoms with Crippen LogP contribution in [0.1, 0.15) is 47.0 Å². The highest BCUT2D eigenvalue weighted by Gasteiger charge is 2.72. The molecule has 2 aliphatic carbocycles. The van der Waals surface area contributed by atoms with Crippen molar-refractivity contribution in [3.05, 3.63) is 12.2 Å². The summed E-state index contributed by atoms with van der Waals surface area (Å²) in [6.45, 7) is 11.5. The molecule has 0 aromatic heterocycles. The number of aliphatic hydroxyl groups excluding tert-OH is 1. The van der Waals surface area contributed by atoms with E-state index in [4.69, 9.17) is 0 Å². The van der Waals surface area contributed by atoms with Crippen molar-refractivity contribution in [2.45, 2.75) is 59.1 Å². The summed E-state index contributed by atoms with van der Waals surface area (Å²) in [6.07, 6.45) is 1.62. The standard InChI is InChI=1S/C17H27NO4S/c1-10(2)14(19)11(3)15(20)18-13-8-12-6-7-17(13,16(12,4)5)9-23(18,21)22/h10,12-14,19H,3,6-9H2,1-2,4-5H3/t12-,13-,14-,17-/m1/s1. The van der Waals surface area contributed by atoms with Gasteiger partial charge in [0.1, 0.15) is 0 Å². The number of rotatable bonds is 3. The molecule has 6 heteroatoms. The average Bonchev–Trinajstić information content (AvgIpc) is 2.91. The molecule has 1 amide bonds. The summed E-state index contributed by atoms with van der Waals surface area (Å²) in [5, 5.41) is 10.1. The van der Waals surface area contributed by atoms with Gasteiger partial charge in [-0.1, -0.05) is 34.3 Å². The minimum absolute atomic E-state index is 0.0128. The average molecular weight is 341 g/mol. The van der Waals surface area contributed by atoms with Gasteiger partial charge < -0.3 is 5.11 Å². The number of amides is 1. The topological polar surface area (TPSA) is 74.7 Å². The van der Waals surface area contributed by atoms with E-state index in [1.165, 1.54) is 0 Å². The number of hydrogen-bond donors (Lipinski definition) is 1. The van der Waals surface area contributed by atoms with Crippen LogP contribution in [0.15, 0.2) is 12.2 Å².